The Labute approximate surface area is 138 Å². The average Bonchev–Trinajstić information content (AvgIpc) is 2.45. The zero-order valence-corrected chi connectivity index (χ0v) is 13.6. The van der Waals surface area contributed by atoms with Crippen molar-refractivity contribution in [2.75, 3.05) is 6.54 Å². The van der Waals surface area contributed by atoms with Crippen LogP contribution in [-0.4, -0.2) is 40.6 Å². The zero-order valence-electron chi connectivity index (χ0n) is 13.6. The first-order valence-corrected chi connectivity index (χ1v) is 7.39. The Morgan fingerprint density at radius 2 is 1.79 bits per heavy atom. The molecular formula is C16H20F3NO4. The number of rotatable bonds is 7. The molecule has 0 aliphatic heterocycles. The van der Waals surface area contributed by atoms with Gasteiger partial charge in [0.25, 0.3) is 5.91 Å². The number of alkyl halides is 3. The fourth-order valence-electron chi connectivity index (χ4n) is 2.12. The molecule has 134 valence electrons. The molecule has 0 saturated heterocycles. The normalized spacial score (nSPS) is 12.8. The van der Waals surface area contributed by atoms with Crippen LogP contribution in [0.25, 0.3) is 0 Å². The monoisotopic (exact) mass is 347 g/mol. The Hall–Kier alpha value is -2.25. The first-order valence-electron chi connectivity index (χ1n) is 7.39. The van der Waals surface area contributed by atoms with E-state index in [4.69, 9.17) is 9.84 Å². The SMILES string of the molecule is CC(Oc1ccccc1C(F)(F)F)C(=O)N(CCC(=O)O)C(C)C. The fourth-order valence-corrected chi connectivity index (χ4v) is 2.12. The van der Waals surface area contributed by atoms with Crippen LogP contribution in [0.2, 0.25) is 0 Å². The van der Waals surface area contributed by atoms with Crippen molar-refractivity contribution in [2.45, 2.75) is 45.5 Å². The summed E-state index contributed by atoms with van der Waals surface area (Å²) in [6.45, 7) is 4.68. The van der Waals surface area contributed by atoms with Crippen molar-refractivity contribution >= 4 is 11.9 Å². The number of halogens is 3. The van der Waals surface area contributed by atoms with Crippen molar-refractivity contribution in [2.24, 2.45) is 0 Å². The van der Waals surface area contributed by atoms with Gasteiger partial charge in [-0.1, -0.05) is 12.1 Å². The van der Waals surface area contributed by atoms with Gasteiger partial charge >= 0.3 is 12.1 Å². The third-order valence-electron chi connectivity index (χ3n) is 3.32. The van der Waals surface area contributed by atoms with E-state index in [-0.39, 0.29) is 19.0 Å². The van der Waals surface area contributed by atoms with E-state index in [1.807, 2.05) is 0 Å². The number of nitrogens with zero attached hydrogens (tertiary/aromatic N) is 1. The lowest BCUT2D eigenvalue weighted by molar-refractivity contribution is -0.145. The number of hydrogen-bond acceptors (Lipinski definition) is 3. The number of carboxylic acids is 1. The molecule has 8 heteroatoms. The third kappa shape index (κ3) is 5.43. The van der Waals surface area contributed by atoms with Gasteiger partial charge in [-0.2, -0.15) is 13.2 Å². The van der Waals surface area contributed by atoms with Gasteiger partial charge in [0.2, 0.25) is 0 Å². The lowest BCUT2D eigenvalue weighted by Crippen LogP contribution is -2.45. The molecule has 5 nitrogen and oxygen atoms in total. The van der Waals surface area contributed by atoms with Gasteiger partial charge in [-0.15, -0.1) is 0 Å². The van der Waals surface area contributed by atoms with Gasteiger partial charge in [0.05, 0.1) is 12.0 Å². The van der Waals surface area contributed by atoms with E-state index >= 15 is 0 Å². The summed E-state index contributed by atoms with van der Waals surface area (Å²) in [5.41, 5.74) is -0.966. The molecule has 1 aromatic rings. The van der Waals surface area contributed by atoms with Gasteiger partial charge in [-0.25, -0.2) is 0 Å². The molecule has 0 aromatic heterocycles. The highest BCUT2D eigenvalue weighted by atomic mass is 19.4. The number of para-hydroxylation sites is 1. The molecule has 0 saturated carbocycles. The highest BCUT2D eigenvalue weighted by Gasteiger charge is 2.35. The van der Waals surface area contributed by atoms with E-state index in [1.165, 1.54) is 24.0 Å². The van der Waals surface area contributed by atoms with E-state index in [0.29, 0.717) is 0 Å². The highest BCUT2D eigenvalue weighted by molar-refractivity contribution is 5.81. The first-order chi connectivity index (χ1) is 11.0. The maximum atomic E-state index is 13.0. The van der Waals surface area contributed by atoms with Gasteiger partial charge < -0.3 is 14.7 Å². The Morgan fingerprint density at radius 1 is 1.21 bits per heavy atom. The predicted octanol–water partition coefficient (Wildman–Crippen LogP) is 3.18. The number of ether oxygens (including phenoxy) is 1. The van der Waals surface area contributed by atoms with Crippen LogP contribution in [0.15, 0.2) is 24.3 Å². The number of benzene rings is 1. The summed E-state index contributed by atoms with van der Waals surface area (Å²) in [6.07, 6.45) is -6.03. The van der Waals surface area contributed by atoms with Crippen molar-refractivity contribution in [1.29, 1.82) is 0 Å². The number of carboxylic acid groups (broad SMARTS) is 1. The van der Waals surface area contributed by atoms with Crippen LogP contribution in [0, 0.1) is 0 Å². The molecule has 1 unspecified atom stereocenters. The van der Waals surface area contributed by atoms with Crippen molar-refractivity contribution in [3.8, 4) is 5.75 Å². The second-order valence-corrected chi connectivity index (χ2v) is 5.52. The molecule has 0 aliphatic rings. The van der Waals surface area contributed by atoms with Gasteiger partial charge in [0.15, 0.2) is 6.10 Å². The standard InChI is InChI=1S/C16H20F3NO4/c1-10(2)20(9-8-14(21)22)15(23)11(3)24-13-7-5-4-6-12(13)16(17,18)19/h4-7,10-11H,8-9H2,1-3H3,(H,21,22). The molecule has 0 spiro atoms. The molecule has 1 aromatic carbocycles. The second kappa shape index (κ2) is 8.03. The summed E-state index contributed by atoms with van der Waals surface area (Å²) >= 11 is 0. The van der Waals surface area contributed by atoms with Crippen molar-refractivity contribution in [3.63, 3.8) is 0 Å². The van der Waals surface area contributed by atoms with E-state index in [9.17, 15) is 22.8 Å². The van der Waals surface area contributed by atoms with Crippen LogP contribution in [0.5, 0.6) is 5.75 Å². The van der Waals surface area contributed by atoms with Crippen LogP contribution in [-0.2, 0) is 15.8 Å². The van der Waals surface area contributed by atoms with Crippen LogP contribution < -0.4 is 4.74 Å². The maximum absolute atomic E-state index is 13.0. The van der Waals surface area contributed by atoms with Gasteiger partial charge in [-0.05, 0) is 32.9 Å². The first kappa shape index (κ1) is 19.8. The maximum Gasteiger partial charge on any atom is 0.419 e. The number of carbonyl (C=O) groups excluding carboxylic acids is 1. The summed E-state index contributed by atoms with van der Waals surface area (Å²) in [5, 5.41) is 8.73. The molecule has 0 aliphatic carbocycles. The molecule has 0 radical (unpaired) electrons. The average molecular weight is 347 g/mol. The number of aliphatic carboxylic acids is 1. The van der Waals surface area contributed by atoms with Crippen LogP contribution in [0.3, 0.4) is 0 Å². The topological polar surface area (TPSA) is 66.8 Å². The summed E-state index contributed by atoms with van der Waals surface area (Å²) in [6, 6.07) is 4.32. The lowest BCUT2D eigenvalue weighted by Gasteiger charge is -2.29. The van der Waals surface area contributed by atoms with Crippen LogP contribution in [0.4, 0.5) is 13.2 Å². The Bertz CT molecular complexity index is 587. The molecule has 24 heavy (non-hydrogen) atoms. The quantitative estimate of drug-likeness (QED) is 0.823. The van der Waals surface area contributed by atoms with Crippen molar-refractivity contribution < 1.29 is 32.6 Å². The fraction of sp³-hybridized carbons (Fsp3) is 0.500. The van der Waals surface area contributed by atoms with Gasteiger partial charge in [0, 0.05) is 12.6 Å². The molecule has 0 heterocycles. The Balaban J connectivity index is 2.92. The summed E-state index contributed by atoms with van der Waals surface area (Å²) in [4.78, 5) is 24.3. The van der Waals surface area contributed by atoms with Crippen molar-refractivity contribution in [3.05, 3.63) is 29.8 Å². The largest absolute Gasteiger partial charge is 0.481 e. The molecule has 1 amide bonds. The molecule has 0 fully saturated rings. The summed E-state index contributed by atoms with van der Waals surface area (Å²) < 4.78 is 44.1. The van der Waals surface area contributed by atoms with E-state index < -0.39 is 35.5 Å². The van der Waals surface area contributed by atoms with Gasteiger partial charge in [0.1, 0.15) is 5.75 Å². The second-order valence-electron chi connectivity index (χ2n) is 5.52. The molecule has 1 atom stereocenters. The minimum Gasteiger partial charge on any atom is -0.481 e. The van der Waals surface area contributed by atoms with E-state index in [0.717, 1.165) is 12.1 Å². The molecule has 1 N–H and O–H groups in total. The van der Waals surface area contributed by atoms with Crippen molar-refractivity contribution in [1.82, 2.24) is 4.90 Å². The molecule has 0 bridgehead atoms. The highest BCUT2D eigenvalue weighted by Crippen LogP contribution is 2.36. The number of carbonyl (C=O) groups is 2. The van der Waals surface area contributed by atoms with Gasteiger partial charge in [-0.3, -0.25) is 9.59 Å². The minimum atomic E-state index is -4.60. The van der Waals surface area contributed by atoms with Crippen LogP contribution >= 0.6 is 0 Å². The minimum absolute atomic E-state index is 0.0412. The summed E-state index contributed by atoms with van der Waals surface area (Å²) in [7, 11) is 0. The smallest absolute Gasteiger partial charge is 0.419 e. The van der Waals surface area contributed by atoms with E-state index in [1.54, 1.807) is 13.8 Å². The van der Waals surface area contributed by atoms with Crippen LogP contribution in [0.1, 0.15) is 32.8 Å². The predicted molar refractivity (Wildman–Crippen MR) is 80.6 cm³/mol. The third-order valence-corrected chi connectivity index (χ3v) is 3.32. The molecular weight excluding hydrogens is 327 g/mol. The zero-order chi connectivity index (χ0) is 18.5. The molecule has 1 rings (SSSR count). The Morgan fingerprint density at radius 3 is 2.29 bits per heavy atom. The number of amides is 1. The van der Waals surface area contributed by atoms with E-state index in [2.05, 4.69) is 0 Å². The summed E-state index contributed by atoms with van der Waals surface area (Å²) in [5.74, 6) is -2.07. The lowest BCUT2D eigenvalue weighted by atomic mass is 10.2. The number of hydrogen-bond donors (Lipinski definition) is 1. The Kier molecular flexibility index (Phi) is 6.62.